The van der Waals surface area contributed by atoms with Crippen LogP contribution in [0.5, 0.6) is 0 Å². The Morgan fingerprint density at radius 1 is 1.23 bits per heavy atom. The number of carboxylic acids is 1. The van der Waals surface area contributed by atoms with Gasteiger partial charge in [0.05, 0.1) is 0 Å². The molecule has 0 heterocycles. The number of carboxylic acid groups (broad SMARTS) is 1. The van der Waals surface area contributed by atoms with Gasteiger partial charge in [0.15, 0.2) is 0 Å². The van der Waals surface area contributed by atoms with Gasteiger partial charge in [-0.15, -0.1) is 0 Å². The zero-order chi connectivity index (χ0) is 10.6. The first-order chi connectivity index (χ1) is 5.84. The SMILES string of the molecule is CNC(C(=O)O)C(NC)C(C)(C)C. The van der Waals surface area contributed by atoms with Crippen LogP contribution in [0.2, 0.25) is 0 Å². The Labute approximate surface area is 79.7 Å². The van der Waals surface area contributed by atoms with Crippen molar-refractivity contribution < 1.29 is 9.90 Å². The van der Waals surface area contributed by atoms with Crippen LogP contribution >= 0.6 is 0 Å². The lowest BCUT2D eigenvalue weighted by molar-refractivity contribution is -0.141. The summed E-state index contributed by atoms with van der Waals surface area (Å²) in [7, 11) is 3.44. The number of aliphatic carboxylic acids is 1. The Hall–Kier alpha value is -0.610. The van der Waals surface area contributed by atoms with Crippen molar-refractivity contribution >= 4 is 5.97 Å². The molecule has 0 saturated carbocycles. The second-order valence-corrected chi connectivity index (χ2v) is 4.24. The molecule has 0 aliphatic heterocycles. The lowest BCUT2D eigenvalue weighted by Crippen LogP contribution is -2.56. The molecular formula is C9H20N2O2. The first-order valence-electron chi connectivity index (χ1n) is 4.42. The number of rotatable bonds is 4. The average molecular weight is 188 g/mol. The molecule has 0 spiro atoms. The van der Waals surface area contributed by atoms with E-state index in [0.717, 1.165) is 0 Å². The quantitative estimate of drug-likeness (QED) is 0.593. The summed E-state index contributed by atoms with van der Waals surface area (Å²) in [6, 6.07) is -0.639. The summed E-state index contributed by atoms with van der Waals surface area (Å²) in [5, 5.41) is 14.8. The van der Waals surface area contributed by atoms with E-state index in [4.69, 9.17) is 5.11 Å². The highest BCUT2D eigenvalue weighted by Crippen LogP contribution is 2.21. The second kappa shape index (κ2) is 4.58. The molecule has 3 N–H and O–H groups in total. The molecular weight excluding hydrogens is 168 g/mol. The van der Waals surface area contributed by atoms with Crippen molar-refractivity contribution in [3.63, 3.8) is 0 Å². The smallest absolute Gasteiger partial charge is 0.322 e. The maximum absolute atomic E-state index is 10.9. The molecule has 78 valence electrons. The minimum Gasteiger partial charge on any atom is -0.480 e. The Balaban J connectivity index is 4.63. The summed E-state index contributed by atoms with van der Waals surface area (Å²) in [4.78, 5) is 10.9. The maximum atomic E-state index is 10.9. The van der Waals surface area contributed by atoms with Crippen LogP contribution in [0.3, 0.4) is 0 Å². The molecule has 0 fully saturated rings. The Bertz CT molecular complexity index is 175. The van der Waals surface area contributed by atoms with Crippen LogP contribution in [0.15, 0.2) is 0 Å². The van der Waals surface area contributed by atoms with E-state index in [1.165, 1.54) is 0 Å². The molecule has 4 nitrogen and oxygen atoms in total. The molecule has 2 unspecified atom stereocenters. The molecule has 0 aromatic carbocycles. The standard InChI is InChI=1S/C9H20N2O2/c1-9(2,3)7(11-5)6(10-4)8(12)13/h6-7,10-11H,1-5H3,(H,12,13). The van der Waals surface area contributed by atoms with Gasteiger partial charge in [0.1, 0.15) is 6.04 Å². The van der Waals surface area contributed by atoms with Gasteiger partial charge in [-0.1, -0.05) is 20.8 Å². The largest absolute Gasteiger partial charge is 0.480 e. The molecule has 0 aliphatic carbocycles. The summed E-state index contributed by atoms with van der Waals surface area (Å²) in [5.74, 6) is -0.822. The van der Waals surface area contributed by atoms with Gasteiger partial charge in [-0.25, -0.2) is 0 Å². The number of hydrogen-bond acceptors (Lipinski definition) is 3. The van der Waals surface area contributed by atoms with Gasteiger partial charge in [0, 0.05) is 6.04 Å². The molecule has 0 saturated heterocycles. The first kappa shape index (κ1) is 12.4. The highest BCUT2D eigenvalue weighted by molar-refractivity contribution is 5.74. The summed E-state index contributed by atoms with van der Waals surface area (Å²) >= 11 is 0. The van der Waals surface area contributed by atoms with Crippen LogP contribution in [0.25, 0.3) is 0 Å². The van der Waals surface area contributed by atoms with Gasteiger partial charge < -0.3 is 15.7 Å². The van der Waals surface area contributed by atoms with E-state index in [0.29, 0.717) is 0 Å². The molecule has 0 amide bonds. The highest BCUT2D eigenvalue weighted by atomic mass is 16.4. The van der Waals surface area contributed by atoms with E-state index in [2.05, 4.69) is 10.6 Å². The molecule has 13 heavy (non-hydrogen) atoms. The molecule has 0 rings (SSSR count). The fraction of sp³-hybridized carbons (Fsp3) is 0.889. The van der Waals surface area contributed by atoms with Crippen LogP contribution in [-0.2, 0) is 4.79 Å². The van der Waals surface area contributed by atoms with Crippen LogP contribution in [0.1, 0.15) is 20.8 Å². The van der Waals surface area contributed by atoms with Crippen molar-refractivity contribution in [2.75, 3.05) is 14.1 Å². The molecule has 2 atom stereocenters. The van der Waals surface area contributed by atoms with Gasteiger partial charge in [-0.05, 0) is 19.5 Å². The zero-order valence-corrected chi connectivity index (χ0v) is 9.01. The van der Waals surface area contributed by atoms with E-state index < -0.39 is 12.0 Å². The molecule has 0 aromatic heterocycles. The summed E-state index contributed by atoms with van der Waals surface area (Å²) in [6.07, 6.45) is 0. The number of likely N-dealkylation sites (N-methyl/N-ethyl adjacent to an activating group) is 2. The van der Waals surface area contributed by atoms with Gasteiger partial charge in [-0.2, -0.15) is 0 Å². The lowest BCUT2D eigenvalue weighted by atomic mass is 9.82. The third kappa shape index (κ3) is 3.32. The van der Waals surface area contributed by atoms with Crippen LogP contribution in [0.4, 0.5) is 0 Å². The maximum Gasteiger partial charge on any atom is 0.322 e. The topological polar surface area (TPSA) is 61.4 Å². The third-order valence-corrected chi connectivity index (χ3v) is 2.15. The van der Waals surface area contributed by atoms with Crippen molar-refractivity contribution in [1.29, 1.82) is 0 Å². The third-order valence-electron chi connectivity index (χ3n) is 2.15. The van der Waals surface area contributed by atoms with Gasteiger partial charge in [-0.3, -0.25) is 4.79 Å². The fourth-order valence-electron chi connectivity index (χ4n) is 1.53. The Morgan fingerprint density at radius 3 is 1.77 bits per heavy atom. The van der Waals surface area contributed by atoms with Crippen molar-refractivity contribution in [2.24, 2.45) is 5.41 Å². The molecule has 0 aromatic rings. The molecule has 0 aliphatic rings. The fourth-order valence-corrected chi connectivity index (χ4v) is 1.53. The highest BCUT2D eigenvalue weighted by Gasteiger charge is 2.34. The molecule has 0 bridgehead atoms. The van der Waals surface area contributed by atoms with E-state index in [-0.39, 0.29) is 11.5 Å². The van der Waals surface area contributed by atoms with Crippen molar-refractivity contribution in [3.05, 3.63) is 0 Å². The number of nitrogens with one attached hydrogen (secondary N) is 2. The van der Waals surface area contributed by atoms with E-state index in [1.807, 2.05) is 20.8 Å². The van der Waals surface area contributed by atoms with Crippen molar-refractivity contribution in [2.45, 2.75) is 32.9 Å². The Kier molecular flexibility index (Phi) is 4.36. The van der Waals surface area contributed by atoms with E-state index in [1.54, 1.807) is 14.1 Å². The number of hydrogen-bond donors (Lipinski definition) is 3. The minimum atomic E-state index is -0.822. The average Bonchev–Trinajstić information content (AvgIpc) is 1.96. The number of carbonyl (C=O) groups is 1. The summed E-state index contributed by atoms with van der Waals surface area (Å²) < 4.78 is 0. The second-order valence-electron chi connectivity index (χ2n) is 4.24. The molecule has 4 heteroatoms. The van der Waals surface area contributed by atoms with Crippen LogP contribution in [0, 0.1) is 5.41 Å². The van der Waals surface area contributed by atoms with Crippen molar-refractivity contribution in [1.82, 2.24) is 10.6 Å². The predicted octanol–water partition coefficient (Wildman–Crippen LogP) is 0.293. The monoisotopic (exact) mass is 188 g/mol. The predicted molar refractivity (Wildman–Crippen MR) is 52.8 cm³/mol. The molecule has 0 radical (unpaired) electrons. The van der Waals surface area contributed by atoms with Gasteiger partial charge in [0.25, 0.3) is 0 Å². The minimum absolute atomic E-state index is 0.0825. The van der Waals surface area contributed by atoms with Gasteiger partial charge >= 0.3 is 5.97 Å². The first-order valence-corrected chi connectivity index (χ1v) is 4.42. The van der Waals surface area contributed by atoms with Gasteiger partial charge in [0.2, 0.25) is 0 Å². The summed E-state index contributed by atoms with van der Waals surface area (Å²) in [6.45, 7) is 6.05. The van der Waals surface area contributed by atoms with E-state index in [9.17, 15) is 4.79 Å². The van der Waals surface area contributed by atoms with Crippen LogP contribution < -0.4 is 10.6 Å². The Morgan fingerprint density at radius 2 is 1.69 bits per heavy atom. The van der Waals surface area contributed by atoms with Crippen molar-refractivity contribution in [3.8, 4) is 0 Å². The summed E-state index contributed by atoms with van der Waals surface area (Å²) in [5.41, 5.74) is -0.0825. The van der Waals surface area contributed by atoms with Crippen LogP contribution in [-0.4, -0.2) is 37.3 Å². The zero-order valence-electron chi connectivity index (χ0n) is 9.01. The van der Waals surface area contributed by atoms with E-state index >= 15 is 0 Å². The lowest BCUT2D eigenvalue weighted by Gasteiger charge is -2.34. The normalized spacial score (nSPS) is 16.7.